The Morgan fingerprint density at radius 2 is 1.73 bits per heavy atom. The standard InChI is InChI=1S/C11H14F2N2/c1-8(11(12)13)14-9-4-6-10(7-5-9)15(2)3/h4-7,11H,1-3H3. The van der Waals surface area contributed by atoms with Crippen molar-refractivity contribution in [3.63, 3.8) is 0 Å². The lowest BCUT2D eigenvalue weighted by atomic mass is 10.2. The summed E-state index contributed by atoms with van der Waals surface area (Å²) < 4.78 is 24.4. The molecule has 0 bridgehead atoms. The molecular weight excluding hydrogens is 198 g/mol. The summed E-state index contributed by atoms with van der Waals surface area (Å²) in [5.41, 5.74) is 1.41. The van der Waals surface area contributed by atoms with Gasteiger partial charge in [0, 0.05) is 19.8 Å². The lowest BCUT2D eigenvalue weighted by molar-refractivity contribution is 0.225. The molecule has 0 aromatic heterocycles. The summed E-state index contributed by atoms with van der Waals surface area (Å²) in [7, 11) is 3.84. The van der Waals surface area contributed by atoms with Gasteiger partial charge in [-0.2, -0.15) is 0 Å². The fourth-order valence-corrected chi connectivity index (χ4v) is 1.08. The molecule has 82 valence electrons. The zero-order chi connectivity index (χ0) is 11.4. The topological polar surface area (TPSA) is 15.6 Å². The van der Waals surface area contributed by atoms with E-state index in [1.54, 1.807) is 12.1 Å². The number of hydrogen-bond donors (Lipinski definition) is 0. The number of rotatable bonds is 3. The summed E-state index contributed by atoms with van der Waals surface area (Å²) in [6.07, 6.45) is -2.49. The van der Waals surface area contributed by atoms with Crippen molar-refractivity contribution in [1.82, 2.24) is 0 Å². The number of benzene rings is 1. The molecule has 0 saturated heterocycles. The second kappa shape index (κ2) is 4.87. The Hall–Kier alpha value is -1.45. The van der Waals surface area contributed by atoms with E-state index in [0.29, 0.717) is 5.69 Å². The highest BCUT2D eigenvalue weighted by molar-refractivity contribution is 5.87. The predicted octanol–water partition coefficient (Wildman–Crippen LogP) is 3.11. The predicted molar refractivity (Wildman–Crippen MR) is 59.5 cm³/mol. The molecule has 1 rings (SSSR count). The number of aliphatic imine (C=N–C) groups is 1. The van der Waals surface area contributed by atoms with Crippen molar-refractivity contribution >= 4 is 17.1 Å². The summed E-state index contributed by atoms with van der Waals surface area (Å²) in [4.78, 5) is 5.75. The summed E-state index contributed by atoms with van der Waals surface area (Å²) in [6, 6.07) is 7.14. The van der Waals surface area contributed by atoms with Crippen molar-refractivity contribution in [3.8, 4) is 0 Å². The van der Waals surface area contributed by atoms with Crippen LogP contribution in [0.2, 0.25) is 0 Å². The lowest BCUT2D eigenvalue weighted by Crippen LogP contribution is -2.08. The molecule has 0 fully saturated rings. The van der Waals surface area contributed by atoms with Gasteiger partial charge in [0.15, 0.2) is 0 Å². The molecule has 0 heterocycles. The molecule has 0 N–H and O–H groups in total. The summed E-state index contributed by atoms with van der Waals surface area (Å²) >= 11 is 0. The van der Waals surface area contributed by atoms with Crippen molar-refractivity contribution < 1.29 is 8.78 Å². The number of anilines is 1. The monoisotopic (exact) mass is 212 g/mol. The van der Waals surface area contributed by atoms with E-state index in [2.05, 4.69) is 4.99 Å². The Morgan fingerprint density at radius 1 is 1.20 bits per heavy atom. The highest BCUT2D eigenvalue weighted by Gasteiger charge is 2.06. The third-order valence-corrected chi connectivity index (χ3v) is 1.99. The maximum Gasteiger partial charge on any atom is 0.276 e. The average molecular weight is 212 g/mol. The van der Waals surface area contributed by atoms with E-state index in [-0.39, 0.29) is 5.71 Å². The van der Waals surface area contributed by atoms with Crippen LogP contribution in [0.5, 0.6) is 0 Å². The maximum atomic E-state index is 12.2. The first kappa shape index (κ1) is 11.6. The second-order valence-electron chi connectivity index (χ2n) is 3.46. The van der Waals surface area contributed by atoms with Crippen LogP contribution in [0.15, 0.2) is 29.3 Å². The Kier molecular flexibility index (Phi) is 3.77. The molecule has 0 saturated carbocycles. The van der Waals surface area contributed by atoms with E-state index < -0.39 is 6.43 Å². The zero-order valence-corrected chi connectivity index (χ0v) is 9.04. The van der Waals surface area contributed by atoms with Crippen LogP contribution in [0.1, 0.15) is 6.92 Å². The molecule has 0 amide bonds. The molecule has 1 aromatic carbocycles. The molecular formula is C11H14F2N2. The molecule has 0 aliphatic heterocycles. The van der Waals surface area contributed by atoms with Gasteiger partial charge >= 0.3 is 0 Å². The minimum Gasteiger partial charge on any atom is -0.378 e. The molecule has 1 aromatic rings. The first-order valence-corrected chi connectivity index (χ1v) is 4.61. The SMILES string of the molecule is CC(=Nc1ccc(N(C)C)cc1)C(F)F. The third kappa shape index (κ3) is 3.31. The van der Waals surface area contributed by atoms with Gasteiger partial charge in [-0.25, -0.2) is 8.78 Å². The van der Waals surface area contributed by atoms with Crippen LogP contribution >= 0.6 is 0 Å². The highest BCUT2D eigenvalue weighted by Crippen LogP contribution is 2.18. The smallest absolute Gasteiger partial charge is 0.276 e. The van der Waals surface area contributed by atoms with Gasteiger partial charge in [-0.05, 0) is 31.2 Å². The molecule has 0 unspecified atom stereocenters. The van der Waals surface area contributed by atoms with Crippen LogP contribution in [0, 0.1) is 0 Å². The quantitative estimate of drug-likeness (QED) is 0.703. The highest BCUT2D eigenvalue weighted by atomic mass is 19.3. The maximum absolute atomic E-state index is 12.2. The number of alkyl halides is 2. The molecule has 0 aliphatic rings. The fraction of sp³-hybridized carbons (Fsp3) is 0.364. The molecule has 0 spiro atoms. The van der Waals surface area contributed by atoms with Crippen LogP contribution in [0.4, 0.5) is 20.2 Å². The van der Waals surface area contributed by atoms with Gasteiger partial charge in [-0.1, -0.05) is 0 Å². The van der Waals surface area contributed by atoms with E-state index in [1.807, 2.05) is 31.1 Å². The summed E-state index contributed by atoms with van der Waals surface area (Å²) in [6.45, 7) is 1.32. The van der Waals surface area contributed by atoms with Gasteiger partial charge < -0.3 is 4.90 Å². The minimum atomic E-state index is -2.49. The number of hydrogen-bond acceptors (Lipinski definition) is 2. The van der Waals surface area contributed by atoms with Gasteiger partial charge in [0.2, 0.25) is 0 Å². The normalized spacial score (nSPS) is 12.0. The fourth-order valence-electron chi connectivity index (χ4n) is 1.08. The van der Waals surface area contributed by atoms with Crippen LogP contribution < -0.4 is 4.90 Å². The zero-order valence-electron chi connectivity index (χ0n) is 9.04. The van der Waals surface area contributed by atoms with Gasteiger partial charge in [-0.15, -0.1) is 0 Å². The minimum absolute atomic E-state index is 0.160. The van der Waals surface area contributed by atoms with E-state index >= 15 is 0 Å². The van der Waals surface area contributed by atoms with Gasteiger partial charge in [-0.3, -0.25) is 4.99 Å². The van der Waals surface area contributed by atoms with E-state index in [9.17, 15) is 8.78 Å². The first-order valence-electron chi connectivity index (χ1n) is 4.61. The molecule has 0 aliphatic carbocycles. The average Bonchev–Trinajstić information content (AvgIpc) is 2.18. The lowest BCUT2D eigenvalue weighted by Gasteiger charge is -2.11. The number of halogens is 2. The molecule has 0 atom stereocenters. The van der Waals surface area contributed by atoms with Crippen molar-refractivity contribution in [2.24, 2.45) is 4.99 Å². The van der Waals surface area contributed by atoms with Crippen LogP contribution in [-0.2, 0) is 0 Å². The molecule has 0 radical (unpaired) electrons. The Labute approximate surface area is 88.2 Å². The van der Waals surface area contributed by atoms with Crippen molar-refractivity contribution in [2.75, 3.05) is 19.0 Å². The van der Waals surface area contributed by atoms with Gasteiger partial charge in [0.1, 0.15) is 0 Å². The van der Waals surface area contributed by atoms with Crippen molar-refractivity contribution in [2.45, 2.75) is 13.3 Å². The first-order chi connectivity index (χ1) is 7.00. The van der Waals surface area contributed by atoms with E-state index in [0.717, 1.165) is 5.69 Å². The van der Waals surface area contributed by atoms with Gasteiger partial charge in [0.25, 0.3) is 6.43 Å². The summed E-state index contributed by atoms with van der Waals surface area (Å²) in [5, 5.41) is 0. The Balaban J connectivity index is 2.85. The Morgan fingerprint density at radius 3 is 2.13 bits per heavy atom. The van der Waals surface area contributed by atoms with Crippen LogP contribution in [0.3, 0.4) is 0 Å². The molecule has 4 heteroatoms. The van der Waals surface area contributed by atoms with E-state index in [4.69, 9.17) is 0 Å². The molecule has 15 heavy (non-hydrogen) atoms. The van der Waals surface area contributed by atoms with Crippen molar-refractivity contribution in [3.05, 3.63) is 24.3 Å². The summed E-state index contributed by atoms with van der Waals surface area (Å²) in [5.74, 6) is 0. The largest absolute Gasteiger partial charge is 0.378 e. The second-order valence-corrected chi connectivity index (χ2v) is 3.46. The van der Waals surface area contributed by atoms with Crippen molar-refractivity contribution in [1.29, 1.82) is 0 Å². The molecule has 2 nitrogen and oxygen atoms in total. The number of nitrogens with zero attached hydrogens (tertiary/aromatic N) is 2. The Bertz CT molecular complexity index is 342. The third-order valence-electron chi connectivity index (χ3n) is 1.99. The van der Waals surface area contributed by atoms with Crippen LogP contribution in [0.25, 0.3) is 0 Å². The van der Waals surface area contributed by atoms with Gasteiger partial charge in [0.05, 0.1) is 11.4 Å². The van der Waals surface area contributed by atoms with Crippen LogP contribution in [-0.4, -0.2) is 26.2 Å². The van der Waals surface area contributed by atoms with E-state index in [1.165, 1.54) is 6.92 Å².